The van der Waals surface area contributed by atoms with Crippen LogP contribution in [-0.4, -0.2) is 38.9 Å². The van der Waals surface area contributed by atoms with Gasteiger partial charge in [-0.3, -0.25) is 14.4 Å². The molecule has 1 aliphatic carbocycles. The molecule has 3 aromatic rings. The third-order valence-corrected chi connectivity index (χ3v) is 6.72. The van der Waals surface area contributed by atoms with Crippen molar-refractivity contribution in [2.24, 2.45) is 5.92 Å². The lowest BCUT2D eigenvalue weighted by atomic mass is 10.0. The lowest BCUT2D eigenvalue weighted by Gasteiger charge is -2.29. The summed E-state index contributed by atoms with van der Waals surface area (Å²) >= 11 is 0. The average Bonchev–Trinajstić information content (AvgIpc) is 3.37. The molecule has 0 amide bonds. The van der Waals surface area contributed by atoms with Gasteiger partial charge in [0.15, 0.2) is 5.82 Å². The molecular weight excluding hydrogens is 445 g/mol. The molecule has 2 aliphatic rings. The van der Waals surface area contributed by atoms with E-state index in [4.69, 9.17) is 0 Å². The molecule has 0 bridgehead atoms. The van der Waals surface area contributed by atoms with Crippen LogP contribution in [0.25, 0.3) is 10.9 Å². The second-order valence-electron chi connectivity index (χ2n) is 9.06. The zero-order valence-electron chi connectivity index (χ0n) is 18.5. The number of rotatable bonds is 7. The number of nitrogens with zero attached hydrogens (tertiary/aromatic N) is 4. The number of halogens is 3. The summed E-state index contributed by atoms with van der Waals surface area (Å²) in [4.78, 5) is 16.8. The van der Waals surface area contributed by atoms with Gasteiger partial charge < -0.3 is 10.3 Å². The first-order chi connectivity index (χ1) is 16.4. The number of fused-ring (bicyclic) bond motifs is 1. The minimum atomic E-state index is -4.36. The third kappa shape index (κ3) is 4.28. The maximum absolute atomic E-state index is 13.8. The van der Waals surface area contributed by atoms with Crippen molar-refractivity contribution in [3.8, 4) is 6.07 Å². The van der Waals surface area contributed by atoms with Crippen LogP contribution < -0.4 is 10.9 Å². The predicted octanol–water partition coefficient (Wildman–Crippen LogP) is 5.03. The first-order valence-electron chi connectivity index (χ1n) is 11.5. The fraction of sp³-hybridized carbons (Fsp3) is 0.458. The quantitative estimate of drug-likeness (QED) is 0.505. The molecule has 1 saturated carbocycles. The number of hydrogen-bond acceptors (Lipinski definition) is 5. The van der Waals surface area contributed by atoms with Gasteiger partial charge in [-0.25, -0.2) is 0 Å². The van der Waals surface area contributed by atoms with Crippen molar-refractivity contribution < 1.29 is 13.2 Å². The molecule has 3 heterocycles. The zero-order valence-corrected chi connectivity index (χ0v) is 18.5. The molecule has 0 spiro atoms. The van der Waals surface area contributed by atoms with Crippen molar-refractivity contribution in [1.82, 2.24) is 19.7 Å². The van der Waals surface area contributed by atoms with Crippen molar-refractivity contribution in [3.05, 3.63) is 52.4 Å². The van der Waals surface area contributed by atoms with Gasteiger partial charge in [0.2, 0.25) is 0 Å². The first-order valence-corrected chi connectivity index (χ1v) is 11.5. The van der Waals surface area contributed by atoms with Gasteiger partial charge in [0.25, 0.3) is 5.56 Å². The normalized spacial score (nSPS) is 18.6. The van der Waals surface area contributed by atoms with Gasteiger partial charge in [0, 0.05) is 11.9 Å². The van der Waals surface area contributed by atoms with E-state index in [1.165, 1.54) is 17.0 Å². The minimum Gasteiger partial charge on any atom is -0.338 e. The summed E-state index contributed by atoms with van der Waals surface area (Å²) in [5.74, 6) is 0.666. The highest BCUT2D eigenvalue weighted by atomic mass is 19.4. The van der Waals surface area contributed by atoms with Crippen LogP contribution in [0, 0.1) is 17.2 Å². The maximum atomic E-state index is 13.8. The van der Waals surface area contributed by atoms with Crippen molar-refractivity contribution in [1.29, 1.82) is 5.26 Å². The minimum absolute atomic E-state index is 0.125. The summed E-state index contributed by atoms with van der Waals surface area (Å²) in [6, 6.07) is 8.34. The van der Waals surface area contributed by atoms with E-state index < -0.39 is 12.2 Å². The molecule has 178 valence electrons. The van der Waals surface area contributed by atoms with Gasteiger partial charge in [0.1, 0.15) is 11.4 Å². The third-order valence-electron chi connectivity index (χ3n) is 6.72. The number of aromatic nitrogens is 3. The SMILES string of the molecule is N#CC[C@@H](C1CC1)n1nc(Nc2ccc([C@H](N3CCCC3)C(F)(F)F)cc2)c2c(=O)[nH]ccc21. The summed E-state index contributed by atoms with van der Waals surface area (Å²) in [6.45, 7) is 0.864. The van der Waals surface area contributed by atoms with Crippen molar-refractivity contribution in [2.45, 2.75) is 50.4 Å². The molecule has 2 N–H and O–H groups in total. The molecule has 5 rings (SSSR count). The molecule has 1 aromatic carbocycles. The number of likely N-dealkylation sites (tertiary alicyclic amines) is 1. The summed E-state index contributed by atoms with van der Waals surface area (Å²) in [6.07, 6.45) is 1.04. The Labute approximate surface area is 194 Å². The van der Waals surface area contributed by atoms with Gasteiger partial charge in [-0.05, 0) is 68.5 Å². The lowest BCUT2D eigenvalue weighted by molar-refractivity contribution is -0.183. The first kappa shape index (κ1) is 22.5. The Morgan fingerprint density at radius 3 is 2.50 bits per heavy atom. The van der Waals surface area contributed by atoms with Crippen LogP contribution in [0.15, 0.2) is 41.3 Å². The number of alkyl halides is 3. The van der Waals surface area contributed by atoms with Crippen LogP contribution in [0.2, 0.25) is 0 Å². The molecule has 0 unspecified atom stereocenters. The van der Waals surface area contributed by atoms with Crippen molar-refractivity contribution in [2.75, 3.05) is 18.4 Å². The molecule has 1 saturated heterocycles. The Morgan fingerprint density at radius 2 is 1.88 bits per heavy atom. The monoisotopic (exact) mass is 470 g/mol. The van der Waals surface area contributed by atoms with Crippen LogP contribution in [0.5, 0.6) is 0 Å². The highest BCUT2D eigenvalue weighted by Crippen LogP contribution is 2.43. The van der Waals surface area contributed by atoms with E-state index in [0.717, 1.165) is 25.7 Å². The van der Waals surface area contributed by atoms with Crippen LogP contribution in [0.4, 0.5) is 24.7 Å². The van der Waals surface area contributed by atoms with Gasteiger partial charge >= 0.3 is 6.18 Å². The molecule has 7 nitrogen and oxygen atoms in total. The maximum Gasteiger partial charge on any atom is 0.408 e. The Kier molecular flexibility index (Phi) is 5.81. The molecule has 2 atom stereocenters. The topological polar surface area (TPSA) is 89.7 Å². The van der Waals surface area contributed by atoms with Crippen LogP contribution in [-0.2, 0) is 0 Å². The van der Waals surface area contributed by atoms with Crippen molar-refractivity contribution >= 4 is 22.4 Å². The number of nitriles is 1. The predicted molar refractivity (Wildman–Crippen MR) is 122 cm³/mol. The van der Waals surface area contributed by atoms with Gasteiger partial charge in [-0.15, -0.1) is 0 Å². The smallest absolute Gasteiger partial charge is 0.338 e. The number of H-pyrrole nitrogens is 1. The van der Waals surface area contributed by atoms with E-state index in [2.05, 4.69) is 21.5 Å². The Morgan fingerprint density at radius 1 is 1.18 bits per heavy atom. The summed E-state index contributed by atoms with van der Waals surface area (Å²) < 4.78 is 43.2. The van der Waals surface area contributed by atoms with E-state index in [-0.39, 0.29) is 23.6 Å². The largest absolute Gasteiger partial charge is 0.408 e. The fourth-order valence-electron chi connectivity index (χ4n) is 4.96. The van der Waals surface area contributed by atoms with E-state index >= 15 is 0 Å². The molecule has 2 fully saturated rings. The summed E-state index contributed by atoms with van der Waals surface area (Å²) in [7, 11) is 0. The standard InChI is InChI=1S/C24H25F3N6O/c25-24(26,27)21(32-13-1-2-14-32)16-5-7-17(8-6-16)30-22-20-19(10-12-29-23(20)34)33(31-22)18(9-11-28)15-3-4-15/h5-8,10,12,15,18,21H,1-4,9,13-14H2,(H,29,34)(H,30,31)/t18-,21-/m0/s1. The zero-order chi connectivity index (χ0) is 23.9. The Balaban J connectivity index is 1.47. The van der Waals surface area contributed by atoms with Gasteiger partial charge in [-0.2, -0.15) is 23.5 Å². The number of pyridine rings is 1. The van der Waals surface area contributed by atoms with Crippen LogP contribution in [0.1, 0.15) is 49.8 Å². The van der Waals surface area contributed by atoms with E-state index in [1.54, 1.807) is 29.1 Å². The number of aromatic amines is 1. The van der Waals surface area contributed by atoms with Crippen molar-refractivity contribution in [3.63, 3.8) is 0 Å². The second kappa shape index (κ2) is 8.80. The molecule has 10 heteroatoms. The average molecular weight is 470 g/mol. The Hall–Kier alpha value is -3.32. The van der Waals surface area contributed by atoms with E-state index in [9.17, 15) is 23.2 Å². The molecular formula is C24H25F3N6O. The summed E-state index contributed by atoms with van der Waals surface area (Å²) in [5.41, 5.74) is 1.03. The Bertz CT molecular complexity index is 1260. The fourth-order valence-corrected chi connectivity index (χ4v) is 4.96. The second-order valence-corrected chi connectivity index (χ2v) is 9.06. The van der Waals surface area contributed by atoms with E-state index in [1.807, 2.05) is 0 Å². The molecule has 0 radical (unpaired) electrons. The van der Waals surface area contributed by atoms with Crippen LogP contribution >= 0.6 is 0 Å². The van der Waals surface area contributed by atoms with Gasteiger partial charge in [-0.1, -0.05) is 12.1 Å². The van der Waals surface area contributed by atoms with E-state index in [0.29, 0.717) is 41.4 Å². The lowest BCUT2D eigenvalue weighted by Crippen LogP contribution is -2.36. The highest BCUT2D eigenvalue weighted by molar-refractivity contribution is 5.91. The molecule has 2 aromatic heterocycles. The molecule has 34 heavy (non-hydrogen) atoms. The number of anilines is 2. The highest BCUT2D eigenvalue weighted by Gasteiger charge is 2.45. The summed E-state index contributed by atoms with van der Waals surface area (Å²) in [5, 5.41) is 17.4. The molecule has 1 aliphatic heterocycles. The number of hydrogen-bond donors (Lipinski definition) is 2. The van der Waals surface area contributed by atoms with Crippen LogP contribution in [0.3, 0.4) is 0 Å². The van der Waals surface area contributed by atoms with Gasteiger partial charge in [0.05, 0.1) is 24.0 Å². The number of nitrogens with one attached hydrogen (secondary N) is 2. The number of benzene rings is 1.